The van der Waals surface area contributed by atoms with Crippen LogP contribution in [0.1, 0.15) is 35.6 Å². The minimum Gasteiger partial charge on any atom is -0.312 e. The minimum absolute atomic E-state index is 0.248. The quantitative estimate of drug-likeness (QED) is 0.859. The smallest absolute Gasteiger partial charge is 0.228 e. The average molecular weight is 320 g/mol. The third kappa shape index (κ3) is 2.73. The Hall–Kier alpha value is -2.13. The van der Waals surface area contributed by atoms with Gasteiger partial charge in [-0.15, -0.1) is 0 Å². The van der Waals surface area contributed by atoms with Crippen LogP contribution < -0.4 is 4.90 Å². The molecular weight excluding hydrogens is 296 g/mol. The molecular formula is C21H24N2O. The van der Waals surface area contributed by atoms with E-state index in [9.17, 15) is 4.79 Å². The molecule has 0 fully saturated rings. The first-order chi connectivity index (χ1) is 11.7. The van der Waals surface area contributed by atoms with Crippen molar-refractivity contribution in [2.75, 3.05) is 25.0 Å². The summed E-state index contributed by atoms with van der Waals surface area (Å²) >= 11 is 0. The fourth-order valence-electron chi connectivity index (χ4n) is 4.15. The molecule has 1 aliphatic heterocycles. The van der Waals surface area contributed by atoms with Gasteiger partial charge >= 0.3 is 0 Å². The van der Waals surface area contributed by atoms with Gasteiger partial charge in [0.25, 0.3) is 0 Å². The summed E-state index contributed by atoms with van der Waals surface area (Å²) in [7, 11) is 2.15. The standard InChI is InChI=1S/C21H24N2O/c1-22(20-11-10-16-6-2-4-8-18(16)20)14-13-21(24)23-15-12-17-7-3-5-9-19(17)23/h2-9,20H,10-15H2,1H3/t20-/m1/s1. The zero-order valence-corrected chi connectivity index (χ0v) is 14.2. The van der Waals surface area contributed by atoms with Gasteiger partial charge in [-0.05, 0) is 49.1 Å². The summed E-state index contributed by atoms with van der Waals surface area (Å²) in [6, 6.07) is 17.4. The second kappa shape index (κ2) is 6.40. The molecule has 2 aromatic rings. The van der Waals surface area contributed by atoms with Crippen molar-refractivity contribution in [1.82, 2.24) is 4.90 Å². The summed E-state index contributed by atoms with van der Waals surface area (Å²) in [6.07, 6.45) is 3.88. The molecule has 0 N–H and O–H groups in total. The lowest BCUT2D eigenvalue weighted by atomic mass is 10.1. The molecule has 2 aromatic carbocycles. The molecule has 1 atom stereocenters. The van der Waals surface area contributed by atoms with Gasteiger partial charge in [-0.2, -0.15) is 0 Å². The van der Waals surface area contributed by atoms with Crippen LogP contribution in [0.2, 0.25) is 0 Å². The number of hydrogen-bond donors (Lipinski definition) is 0. The van der Waals surface area contributed by atoms with Gasteiger partial charge < -0.3 is 4.90 Å². The normalized spacial score (nSPS) is 18.8. The molecule has 1 amide bonds. The van der Waals surface area contributed by atoms with E-state index in [1.165, 1.54) is 16.7 Å². The van der Waals surface area contributed by atoms with Crippen LogP contribution in [0.4, 0.5) is 5.69 Å². The number of carbonyl (C=O) groups is 1. The number of anilines is 1. The Balaban J connectivity index is 1.38. The van der Waals surface area contributed by atoms with E-state index in [1.54, 1.807) is 0 Å². The Bertz CT molecular complexity index is 755. The van der Waals surface area contributed by atoms with Gasteiger partial charge in [0, 0.05) is 31.2 Å². The summed E-state index contributed by atoms with van der Waals surface area (Å²) in [6.45, 7) is 1.64. The fraction of sp³-hybridized carbons (Fsp3) is 0.381. The first-order valence-corrected chi connectivity index (χ1v) is 8.90. The second-order valence-corrected chi connectivity index (χ2v) is 6.91. The lowest BCUT2D eigenvalue weighted by Crippen LogP contribution is -2.33. The summed E-state index contributed by atoms with van der Waals surface area (Å²) in [5.74, 6) is 0.248. The summed E-state index contributed by atoms with van der Waals surface area (Å²) in [5.41, 5.74) is 5.31. The first-order valence-electron chi connectivity index (χ1n) is 8.90. The molecule has 0 aromatic heterocycles. The number of carbonyl (C=O) groups excluding carboxylic acids is 1. The van der Waals surface area contributed by atoms with Crippen molar-refractivity contribution in [1.29, 1.82) is 0 Å². The Kier molecular flexibility index (Phi) is 4.11. The van der Waals surface area contributed by atoms with Crippen LogP contribution in [-0.2, 0) is 17.6 Å². The number of hydrogen-bond acceptors (Lipinski definition) is 2. The molecule has 0 radical (unpaired) electrons. The van der Waals surface area contributed by atoms with Crippen LogP contribution in [0.5, 0.6) is 0 Å². The molecule has 2 aliphatic rings. The maximum atomic E-state index is 12.7. The van der Waals surface area contributed by atoms with Crippen molar-refractivity contribution in [2.45, 2.75) is 31.7 Å². The summed E-state index contributed by atoms with van der Waals surface area (Å²) in [5, 5.41) is 0. The number of aryl methyl sites for hydroxylation is 1. The highest BCUT2D eigenvalue weighted by Gasteiger charge is 2.27. The van der Waals surface area contributed by atoms with Crippen molar-refractivity contribution >= 4 is 11.6 Å². The molecule has 0 unspecified atom stereocenters. The number of benzene rings is 2. The lowest BCUT2D eigenvalue weighted by Gasteiger charge is -2.26. The highest BCUT2D eigenvalue weighted by Crippen LogP contribution is 2.35. The largest absolute Gasteiger partial charge is 0.312 e. The van der Waals surface area contributed by atoms with E-state index in [-0.39, 0.29) is 5.91 Å². The molecule has 4 rings (SSSR count). The van der Waals surface area contributed by atoms with Gasteiger partial charge in [-0.3, -0.25) is 9.69 Å². The van der Waals surface area contributed by atoms with E-state index in [0.29, 0.717) is 12.5 Å². The maximum Gasteiger partial charge on any atom is 0.228 e. The van der Waals surface area contributed by atoms with Crippen molar-refractivity contribution < 1.29 is 4.79 Å². The highest BCUT2D eigenvalue weighted by atomic mass is 16.2. The molecule has 0 saturated heterocycles. The van der Waals surface area contributed by atoms with E-state index in [4.69, 9.17) is 0 Å². The highest BCUT2D eigenvalue weighted by molar-refractivity contribution is 5.95. The SMILES string of the molecule is CN(CCC(=O)N1CCc2ccccc21)[C@@H]1CCc2ccccc21. The topological polar surface area (TPSA) is 23.6 Å². The molecule has 3 heteroatoms. The third-order valence-corrected chi connectivity index (χ3v) is 5.50. The monoisotopic (exact) mass is 320 g/mol. The number of fused-ring (bicyclic) bond motifs is 2. The van der Waals surface area contributed by atoms with Gasteiger partial charge in [0.15, 0.2) is 0 Å². The Morgan fingerprint density at radius 2 is 1.83 bits per heavy atom. The van der Waals surface area contributed by atoms with Crippen LogP contribution in [0, 0.1) is 0 Å². The van der Waals surface area contributed by atoms with Crippen molar-refractivity contribution in [3.05, 3.63) is 65.2 Å². The summed E-state index contributed by atoms with van der Waals surface area (Å²) < 4.78 is 0. The van der Waals surface area contributed by atoms with E-state index in [2.05, 4.69) is 54.4 Å². The summed E-state index contributed by atoms with van der Waals surface area (Å²) in [4.78, 5) is 17.0. The van der Waals surface area contributed by atoms with Crippen LogP contribution in [-0.4, -0.2) is 30.9 Å². The van der Waals surface area contributed by atoms with Crippen LogP contribution >= 0.6 is 0 Å². The number of rotatable bonds is 4. The van der Waals surface area contributed by atoms with Crippen molar-refractivity contribution in [3.8, 4) is 0 Å². The molecule has 1 aliphatic carbocycles. The maximum absolute atomic E-state index is 12.7. The molecule has 124 valence electrons. The molecule has 0 spiro atoms. The first kappa shape index (κ1) is 15.4. The molecule has 24 heavy (non-hydrogen) atoms. The fourth-order valence-corrected chi connectivity index (χ4v) is 4.15. The van der Waals surface area contributed by atoms with Gasteiger partial charge in [-0.25, -0.2) is 0 Å². The second-order valence-electron chi connectivity index (χ2n) is 6.91. The van der Waals surface area contributed by atoms with E-state index in [1.807, 2.05) is 11.0 Å². The predicted octanol–water partition coefficient (Wildman–Crippen LogP) is 3.59. The molecule has 3 nitrogen and oxygen atoms in total. The third-order valence-electron chi connectivity index (χ3n) is 5.50. The van der Waals surface area contributed by atoms with Crippen molar-refractivity contribution in [3.63, 3.8) is 0 Å². The van der Waals surface area contributed by atoms with E-state index < -0.39 is 0 Å². The predicted molar refractivity (Wildman–Crippen MR) is 97.3 cm³/mol. The zero-order chi connectivity index (χ0) is 16.5. The zero-order valence-electron chi connectivity index (χ0n) is 14.2. The number of para-hydroxylation sites is 1. The van der Waals surface area contributed by atoms with Crippen LogP contribution in [0.3, 0.4) is 0 Å². The molecule has 0 bridgehead atoms. The van der Waals surface area contributed by atoms with Crippen LogP contribution in [0.15, 0.2) is 48.5 Å². The van der Waals surface area contributed by atoms with Gasteiger partial charge in [-0.1, -0.05) is 42.5 Å². The Morgan fingerprint density at radius 3 is 2.71 bits per heavy atom. The minimum atomic E-state index is 0.248. The molecule has 0 saturated carbocycles. The Morgan fingerprint density at radius 1 is 1.08 bits per heavy atom. The average Bonchev–Trinajstić information content (AvgIpc) is 3.23. The number of amides is 1. The lowest BCUT2D eigenvalue weighted by molar-refractivity contribution is -0.118. The van der Waals surface area contributed by atoms with Gasteiger partial charge in [0.2, 0.25) is 5.91 Å². The van der Waals surface area contributed by atoms with E-state index >= 15 is 0 Å². The van der Waals surface area contributed by atoms with Crippen LogP contribution in [0.25, 0.3) is 0 Å². The number of nitrogens with zero attached hydrogens (tertiary/aromatic N) is 2. The Labute approximate surface area is 143 Å². The van der Waals surface area contributed by atoms with Gasteiger partial charge in [0.1, 0.15) is 0 Å². The van der Waals surface area contributed by atoms with Crippen molar-refractivity contribution in [2.24, 2.45) is 0 Å². The van der Waals surface area contributed by atoms with Gasteiger partial charge in [0.05, 0.1) is 0 Å². The molecule has 1 heterocycles. The van der Waals surface area contributed by atoms with E-state index in [0.717, 1.165) is 38.0 Å².